The number of para-hydroxylation sites is 1. The maximum Gasteiger partial charge on any atom is 0.160 e. The molecule has 0 amide bonds. The summed E-state index contributed by atoms with van der Waals surface area (Å²) in [6, 6.07) is 68.7. The van der Waals surface area contributed by atoms with Crippen molar-refractivity contribution >= 4 is 54.3 Å². The van der Waals surface area contributed by atoms with E-state index in [9.17, 15) is 0 Å². The number of nitrogens with zero attached hydrogens (tertiary/aromatic N) is 2. The summed E-state index contributed by atoms with van der Waals surface area (Å²) in [5.41, 5.74) is 11.2. The lowest BCUT2D eigenvalue weighted by Gasteiger charge is -2.17. The van der Waals surface area contributed by atoms with Gasteiger partial charge in [-0.2, -0.15) is 0 Å². The third-order valence-corrected chi connectivity index (χ3v) is 10.9. The molecule has 256 valence electrons. The quantitative estimate of drug-likeness (QED) is 0.133. The van der Waals surface area contributed by atoms with Crippen molar-refractivity contribution in [2.45, 2.75) is 0 Å². The van der Waals surface area contributed by atoms with E-state index in [-0.39, 0.29) is 0 Å². The van der Waals surface area contributed by atoms with Gasteiger partial charge in [-0.1, -0.05) is 158 Å². The number of hydrogen-bond donors (Lipinski definition) is 0. The smallest absolute Gasteiger partial charge is 0.160 e. The largest absolute Gasteiger partial charge is 0.456 e. The molecule has 3 nitrogen and oxygen atoms in total. The molecule has 0 spiro atoms. The fraction of sp³-hybridized carbons (Fsp3) is 0. The average molecular weight is 701 g/mol. The molecule has 2 aromatic heterocycles. The Morgan fingerprint density at radius 2 is 0.964 bits per heavy atom. The van der Waals surface area contributed by atoms with E-state index in [1.54, 1.807) is 0 Å². The molecule has 55 heavy (non-hydrogen) atoms. The van der Waals surface area contributed by atoms with E-state index in [0.29, 0.717) is 5.82 Å². The van der Waals surface area contributed by atoms with E-state index in [1.807, 2.05) is 30.3 Å². The standard InChI is InChI=1S/C52H32N2O/c1-2-14-34(15-3-1)52-53-47(38-18-12-17-35(29-38)36-26-28-50-46(30-36)42-22-10-11-24-49(42)55-50)32-48(54-52)41-21-8-9-23-43(41)51-40-20-7-5-16-37(40)31-45-39-19-6-4-13-33(39)25-27-44(45)51/h1-32H. The number of fused-ring (bicyclic) bond motifs is 7. The minimum Gasteiger partial charge on any atom is -0.456 e. The van der Waals surface area contributed by atoms with Gasteiger partial charge >= 0.3 is 0 Å². The SMILES string of the molecule is c1ccc(-c2nc(-c3cccc(-c4ccc5oc6ccccc6c5c4)c3)cc(-c3ccccc3-c3c4ccccc4cc4c3ccc3ccccc34)n2)cc1. The van der Waals surface area contributed by atoms with Crippen LogP contribution < -0.4 is 0 Å². The van der Waals surface area contributed by atoms with Crippen LogP contribution in [-0.4, -0.2) is 9.97 Å². The van der Waals surface area contributed by atoms with Crippen molar-refractivity contribution in [1.29, 1.82) is 0 Å². The Morgan fingerprint density at radius 1 is 0.309 bits per heavy atom. The maximum atomic E-state index is 6.14. The summed E-state index contributed by atoms with van der Waals surface area (Å²) in [7, 11) is 0. The monoisotopic (exact) mass is 700 g/mol. The molecule has 0 radical (unpaired) electrons. The summed E-state index contributed by atoms with van der Waals surface area (Å²) in [5, 5.41) is 9.60. The molecular formula is C52H32N2O. The van der Waals surface area contributed by atoms with Gasteiger partial charge in [-0.15, -0.1) is 0 Å². The van der Waals surface area contributed by atoms with Gasteiger partial charge in [-0.3, -0.25) is 0 Å². The molecule has 0 N–H and O–H groups in total. The lowest BCUT2D eigenvalue weighted by molar-refractivity contribution is 0.669. The summed E-state index contributed by atoms with van der Waals surface area (Å²) >= 11 is 0. The lowest BCUT2D eigenvalue weighted by atomic mass is 9.87. The normalized spacial score (nSPS) is 11.6. The number of benzene rings is 9. The predicted octanol–water partition coefficient (Wildman–Crippen LogP) is 14.2. The van der Waals surface area contributed by atoms with Gasteiger partial charge in [-0.25, -0.2) is 9.97 Å². The van der Waals surface area contributed by atoms with Gasteiger partial charge in [0.25, 0.3) is 0 Å². The molecule has 0 aliphatic carbocycles. The second-order valence-corrected chi connectivity index (χ2v) is 14.1. The molecule has 0 fully saturated rings. The zero-order valence-corrected chi connectivity index (χ0v) is 29.8. The summed E-state index contributed by atoms with van der Waals surface area (Å²) in [6.45, 7) is 0. The van der Waals surface area contributed by atoms with Crippen LogP contribution in [0.4, 0.5) is 0 Å². The van der Waals surface area contributed by atoms with Crippen LogP contribution in [0.2, 0.25) is 0 Å². The highest BCUT2D eigenvalue weighted by molar-refractivity contribution is 6.21. The second-order valence-electron chi connectivity index (χ2n) is 14.1. The fourth-order valence-electron chi connectivity index (χ4n) is 8.25. The molecule has 11 rings (SSSR count). The van der Waals surface area contributed by atoms with Gasteiger partial charge in [0.2, 0.25) is 0 Å². The average Bonchev–Trinajstić information content (AvgIpc) is 3.64. The highest BCUT2D eigenvalue weighted by Crippen LogP contribution is 2.43. The predicted molar refractivity (Wildman–Crippen MR) is 229 cm³/mol. The summed E-state index contributed by atoms with van der Waals surface area (Å²) in [4.78, 5) is 10.5. The Kier molecular flexibility index (Phi) is 7.17. The molecule has 11 aromatic rings. The van der Waals surface area contributed by atoms with Crippen LogP contribution in [0.25, 0.3) is 110 Å². The highest BCUT2D eigenvalue weighted by Gasteiger charge is 2.19. The minimum atomic E-state index is 0.688. The van der Waals surface area contributed by atoms with E-state index >= 15 is 0 Å². The first-order valence-corrected chi connectivity index (χ1v) is 18.6. The van der Waals surface area contributed by atoms with Crippen molar-refractivity contribution in [1.82, 2.24) is 9.97 Å². The topological polar surface area (TPSA) is 38.9 Å². The van der Waals surface area contributed by atoms with Crippen molar-refractivity contribution in [2.24, 2.45) is 0 Å². The molecular weight excluding hydrogens is 669 g/mol. The molecule has 0 saturated heterocycles. The molecule has 2 heterocycles. The molecule has 0 aliphatic heterocycles. The van der Waals surface area contributed by atoms with Gasteiger partial charge in [0.15, 0.2) is 5.82 Å². The van der Waals surface area contributed by atoms with E-state index in [1.165, 1.54) is 37.9 Å². The van der Waals surface area contributed by atoms with Crippen LogP contribution in [-0.2, 0) is 0 Å². The van der Waals surface area contributed by atoms with Crippen molar-refractivity contribution in [3.05, 3.63) is 194 Å². The van der Waals surface area contributed by atoms with Crippen molar-refractivity contribution in [3.63, 3.8) is 0 Å². The molecule has 3 heteroatoms. The van der Waals surface area contributed by atoms with Crippen LogP contribution in [0.1, 0.15) is 0 Å². The number of hydrogen-bond acceptors (Lipinski definition) is 3. The third-order valence-electron chi connectivity index (χ3n) is 10.9. The van der Waals surface area contributed by atoms with Crippen LogP contribution in [0.5, 0.6) is 0 Å². The second kappa shape index (κ2) is 12.6. The summed E-state index contributed by atoms with van der Waals surface area (Å²) in [6.07, 6.45) is 0. The Morgan fingerprint density at radius 3 is 1.85 bits per heavy atom. The van der Waals surface area contributed by atoms with E-state index in [4.69, 9.17) is 14.4 Å². The first kappa shape index (κ1) is 31.2. The fourth-order valence-corrected chi connectivity index (χ4v) is 8.25. The number of rotatable bonds is 5. The van der Waals surface area contributed by atoms with Crippen LogP contribution in [0, 0.1) is 0 Å². The van der Waals surface area contributed by atoms with Gasteiger partial charge in [0.1, 0.15) is 11.2 Å². The molecule has 0 unspecified atom stereocenters. The van der Waals surface area contributed by atoms with E-state index in [2.05, 4.69) is 164 Å². The molecule has 0 saturated carbocycles. The van der Waals surface area contributed by atoms with Crippen LogP contribution >= 0.6 is 0 Å². The van der Waals surface area contributed by atoms with Gasteiger partial charge in [0, 0.05) is 27.5 Å². The van der Waals surface area contributed by atoms with Gasteiger partial charge in [0.05, 0.1) is 11.4 Å². The van der Waals surface area contributed by atoms with Gasteiger partial charge < -0.3 is 4.42 Å². The minimum absolute atomic E-state index is 0.688. The first-order chi connectivity index (χ1) is 27.2. The first-order valence-electron chi connectivity index (χ1n) is 18.6. The maximum absolute atomic E-state index is 6.14. The Hall–Kier alpha value is -7.36. The highest BCUT2D eigenvalue weighted by atomic mass is 16.3. The van der Waals surface area contributed by atoms with Crippen molar-refractivity contribution < 1.29 is 4.42 Å². The number of furan rings is 1. The van der Waals surface area contributed by atoms with E-state index in [0.717, 1.165) is 66.7 Å². The van der Waals surface area contributed by atoms with Crippen molar-refractivity contribution in [2.75, 3.05) is 0 Å². The third kappa shape index (κ3) is 5.28. The van der Waals surface area contributed by atoms with Crippen molar-refractivity contribution in [3.8, 4) is 56.2 Å². The molecule has 0 aliphatic rings. The lowest BCUT2D eigenvalue weighted by Crippen LogP contribution is -1.97. The van der Waals surface area contributed by atoms with E-state index < -0.39 is 0 Å². The molecule has 0 bridgehead atoms. The zero-order valence-electron chi connectivity index (χ0n) is 29.8. The zero-order chi connectivity index (χ0) is 36.3. The summed E-state index contributed by atoms with van der Waals surface area (Å²) < 4.78 is 6.14. The van der Waals surface area contributed by atoms with Crippen LogP contribution in [0.15, 0.2) is 199 Å². The summed E-state index contributed by atoms with van der Waals surface area (Å²) in [5.74, 6) is 0.688. The Balaban J connectivity index is 1.12. The number of aromatic nitrogens is 2. The van der Waals surface area contributed by atoms with Crippen LogP contribution in [0.3, 0.4) is 0 Å². The Labute approximate surface area is 317 Å². The van der Waals surface area contributed by atoms with Gasteiger partial charge in [-0.05, 0) is 91.0 Å². The Bertz CT molecular complexity index is 3270. The molecule has 0 atom stereocenters. The molecule has 9 aromatic carbocycles.